The third-order valence-corrected chi connectivity index (χ3v) is 7.07. The number of methoxy groups -OCH3 is 2. The Kier molecular flexibility index (Phi) is 5.27. The summed E-state index contributed by atoms with van der Waals surface area (Å²) in [5.41, 5.74) is 0.879. The van der Waals surface area contributed by atoms with Crippen LogP contribution in [0.25, 0.3) is 0 Å². The van der Waals surface area contributed by atoms with Crippen molar-refractivity contribution in [1.82, 2.24) is 4.57 Å². The molecule has 1 atom stereocenters. The van der Waals surface area contributed by atoms with Crippen molar-refractivity contribution >= 4 is 17.2 Å². The fraction of sp³-hybridized carbons (Fsp3) is 0.778. The fourth-order valence-corrected chi connectivity index (χ4v) is 5.28. The number of aryl methyl sites for hydroxylation is 1. The summed E-state index contributed by atoms with van der Waals surface area (Å²) in [7, 11) is 3.45. The largest absolute Gasteiger partial charge is 0.383 e. The van der Waals surface area contributed by atoms with Crippen LogP contribution in [0.3, 0.4) is 0 Å². The van der Waals surface area contributed by atoms with E-state index in [1.807, 2.05) is 0 Å². The maximum atomic E-state index is 13.0. The smallest absolute Gasteiger partial charge is 0.254 e. The van der Waals surface area contributed by atoms with Crippen LogP contribution in [-0.2, 0) is 20.8 Å². The number of ether oxygens (including phenoxy) is 2. The van der Waals surface area contributed by atoms with E-state index in [1.165, 1.54) is 17.7 Å². The summed E-state index contributed by atoms with van der Waals surface area (Å²) >= 11 is 1.59. The zero-order chi connectivity index (χ0) is 17.3. The first-order valence-electron chi connectivity index (χ1n) is 8.80. The Morgan fingerprint density at radius 3 is 2.67 bits per heavy atom. The van der Waals surface area contributed by atoms with E-state index < -0.39 is 0 Å². The van der Waals surface area contributed by atoms with Crippen molar-refractivity contribution in [3.05, 3.63) is 15.4 Å². The molecule has 0 aliphatic heterocycles. The first kappa shape index (κ1) is 17.8. The predicted molar refractivity (Wildman–Crippen MR) is 94.0 cm³/mol. The van der Waals surface area contributed by atoms with Gasteiger partial charge in [-0.15, -0.1) is 11.3 Å². The second-order valence-corrected chi connectivity index (χ2v) is 8.30. The standard InChI is InChI=1S/C18H28N2O3S/c1-12-13(2)24-17(20(12)9-10-22-3)19-16(21)15-11-14-5-7-18(15,23-4)8-6-14/h14-15H,5-11H2,1-4H3/b19-17-. The van der Waals surface area contributed by atoms with Crippen LogP contribution in [0, 0.1) is 25.7 Å². The Morgan fingerprint density at radius 2 is 2.04 bits per heavy atom. The van der Waals surface area contributed by atoms with Gasteiger partial charge < -0.3 is 14.0 Å². The maximum Gasteiger partial charge on any atom is 0.254 e. The van der Waals surface area contributed by atoms with Crippen molar-refractivity contribution in [3.63, 3.8) is 0 Å². The van der Waals surface area contributed by atoms with Gasteiger partial charge in [-0.1, -0.05) is 0 Å². The van der Waals surface area contributed by atoms with E-state index in [1.54, 1.807) is 25.6 Å². The number of hydrogen-bond acceptors (Lipinski definition) is 4. The molecule has 0 radical (unpaired) electrons. The Bertz CT molecular complexity index is 668. The number of aromatic nitrogens is 1. The lowest BCUT2D eigenvalue weighted by atomic mass is 9.61. The van der Waals surface area contributed by atoms with Gasteiger partial charge in [0.15, 0.2) is 4.80 Å². The summed E-state index contributed by atoms with van der Waals surface area (Å²) in [6.45, 7) is 5.49. The summed E-state index contributed by atoms with van der Waals surface area (Å²) in [5.74, 6) is 0.570. The number of carbonyl (C=O) groups excluding carboxylic acids is 1. The molecule has 0 aromatic carbocycles. The third-order valence-electron chi connectivity index (χ3n) is 5.97. The van der Waals surface area contributed by atoms with Crippen molar-refractivity contribution in [3.8, 4) is 0 Å². The lowest BCUT2D eigenvalue weighted by Gasteiger charge is -2.49. The van der Waals surface area contributed by atoms with Crippen LogP contribution in [0.1, 0.15) is 42.7 Å². The Labute approximate surface area is 147 Å². The molecule has 1 unspecified atom stereocenters. The summed E-state index contributed by atoms with van der Waals surface area (Å²) in [5, 5.41) is 0. The Morgan fingerprint density at radius 1 is 1.33 bits per heavy atom. The molecule has 1 amide bonds. The zero-order valence-electron chi connectivity index (χ0n) is 15.1. The predicted octanol–water partition coefficient (Wildman–Crippen LogP) is 2.84. The van der Waals surface area contributed by atoms with E-state index in [0.29, 0.717) is 12.5 Å². The van der Waals surface area contributed by atoms with E-state index >= 15 is 0 Å². The molecule has 3 fully saturated rings. The van der Waals surface area contributed by atoms with E-state index in [2.05, 4.69) is 23.4 Å². The van der Waals surface area contributed by atoms with Gasteiger partial charge in [0.05, 0.1) is 18.1 Å². The first-order valence-corrected chi connectivity index (χ1v) is 9.62. The number of amides is 1. The molecular formula is C18H28N2O3S. The monoisotopic (exact) mass is 352 g/mol. The molecular weight excluding hydrogens is 324 g/mol. The van der Waals surface area contributed by atoms with Crippen molar-refractivity contribution in [2.24, 2.45) is 16.8 Å². The summed E-state index contributed by atoms with van der Waals surface area (Å²) in [6.07, 6.45) is 5.28. The highest BCUT2D eigenvalue weighted by atomic mass is 32.1. The second-order valence-electron chi connectivity index (χ2n) is 7.12. The van der Waals surface area contributed by atoms with Crippen molar-refractivity contribution < 1.29 is 14.3 Å². The number of nitrogens with zero attached hydrogens (tertiary/aromatic N) is 2. The van der Waals surface area contributed by atoms with Gasteiger partial charge in [-0.05, 0) is 51.9 Å². The maximum absolute atomic E-state index is 13.0. The Balaban J connectivity index is 1.91. The van der Waals surface area contributed by atoms with E-state index in [4.69, 9.17) is 9.47 Å². The normalized spacial score (nSPS) is 30.1. The number of hydrogen-bond donors (Lipinski definition) is 0. The van der Waals surface area contributed by atoms with Gasteiger partial charge in [0.2, 0.25) is 0 Å². The fourth-order valence-electron chi connectivity index (χ4n) is 4.27. The quantitative estimate of drug-likeness (QED) is 0.819. The highest BCUT2D eigenvalue weighted by Crippen LogP contribution is 2.50. The molecule has 24 heavy (non-hydrogen) atoms. The third kappa shape index (κ3) is 3.11. The second kappa shape index (κ2) is 7.10. The number of carbonyl (C=O) groups is 1. The minimum absolute atomic E-state index is 0.00586. The van der Waals surface area contributed by atoms with Crippen molar-refractivity contribution in [1.29, 1.82) is 0 Å². The summed E-state index contributed by atoms with van der Waals surface area (Å²) in [6, 6.07) is 0. The van der Waals surface area contributed by atoms with Gasteiger partial charge in [0.25, 0.3) is 5.91 Å². The van der Waals surface area contributed by atoms with Crippen LogP contribution in [0.4, 0.5) is 0 Å². The SMILES string of the molecule is COCCn1c(C)c(C)s/c1=N\C(=O)C1CC2CCC1(OC)CC2. The molecule has 0 spiro atoms. The van der Waals surface area contributed by atoms with Gasteiger partial charge in [0.1, 0.15) is 0 Å². The van der Waals surface area contributed by atoms with E-state index in [-0.39, 0.29) is 17.4 Å². The van der Waals surface area contributed by atoms with Gasteiger partial charge in [-0.3, -0.25) is 4.79 Å². The topological polar surface area (TPSA) is 52.8 Å². The van der Waals surface area contributed by atoms with Crippen LogP contribution in [0.15, 0.2) is 4.99 Å². The van der Waals surface area contributed by atoms with E-state index in [0.717, 1.165) is 36.3 Å². The van der Waals surface area contributed by atoms with Crippen LogP contribution in [-0.4, -0.2) is 36.9 Å². The lowest BCUT2D eigenvalue weighted by Crippen LogP contribution is -2.52. The highest BCUT2D eigenvalue weighted by molar-refractivity contribution is 7.09. The van der Waals surface area contributed by atoms with E-state index in [9.17, 15) is 4.79 Å². The number of fused-ring (bicyclic) bond motifs is 3. The van der Waals surface area contributed by atoms with Gasteiger partial charge in [-0.2, -0.15) is 4.99 Å². The van der Waals surface area contributed by atoms with Gasteiger partial charge >= 0.3 is 0 Å². The molecule has 3 aliphatic rings. The molecule has 4 rings (SSSR count). The number of thiazole rings is 1. The molecule has 6 heteroatoms. The first-order chi connectivity index (χ1) is 11.5. The molecule has 0 N–H and O–H groups in total. The molecule has 3 saturated carbocycles. The summed E-state index contributed by atoms with van der Waals surface area (Å²) in [4.78, 5) is 19.5. The molecule has 1 aromatic heterocycles. The molecule has 5 nitrogen and oxygen atoms in total. The molecule has 1 heterocycles. The molecule has 2 bridgehead atoms. The minimum Gasteiger partial charge on any atom is -0.383 e. The minimum atomic E-state index is -0.284. The molecule has 1 aromatic rings. The molecule has 0 saturated heterocycles. The van der Waals surface area contributed by atoms with Crippen LogP contribution in [0.2, 0.25) is 0 Å². The zero-order valence-corrected chi connectivity index (χ0v) is 15.9. The van der Waals surface area contributed by atoms with Gasteiger partial charge in [-0.25, -0.2) is 0 Å². The average molecular weight is 353 g/mol. The van der Waals surface area contributed by atoms with Crippen LogP contribution in [0.5, 0.6) is 0 Å². The lowest BCUT2D eigenvalue weighted by molar-refractivity contribution is -0.155. The molecule has 134 valence electrons. The van der Waals surface area contributed by atoms with Crippen molar-refractivity contribution in [2.45, 2.75) is 58.1 Å². The summed E-state index contributed by atoms with van der Waals surface area (Å²) < 4.78 is 13.2. The van der Waals surface area contributed by atoms with Gasteiger partial charge in [0, 0.05) is 31.3 Å². The van der Waals surface area contributed by atoms with Crippen LogP contribution < -0.4 is 4.80 Å². The van der Waals surface area contributed by atoms with Crippen molar-refractivity contribution in [2.75, 3.05) is 20.8 Å². The average Bonchev–Trinajstić information content (AvgIpc) is 2.87. The molecule has 3 aliphatic carbocycles. The number of rotatable bonds is 5. The van der Waals surface area contributed by atoms with Crippen LogP contribution >= 0.6 is 11.3 Å². The Hall–Kier alpha value is -0.980. The highest BCUT2D eigenvalue weighted by Gasteiger charge is 2.51.